The molecule has 3 atom stereocenters. The van der Waals surface area contributed by atoms with Gasteiger partial charge in [0.2, 0.25) is 0 Å². The number of amides is 1. The van der Waals surface area contributed by atoms with E-state index < -0.39 is 16.8 Å². The fraction of sp³-hybridized carbons (Fsp3) is 0.500. The van der Waals surface area contributed by atoms with E-state index in [1.807, 2.05) is 12.1 Å². The van der Waals surface area contributed by atoms with Crippen LogP contribution in [-0.4, -0.2) is 22.2 Å². The maximum Gasteiger partial charge on any atom is 0.413 e. The van der Waals surface area contributed by atoms with E-state index >= 15 is 0 Å². The predicted octanol–water partition coefficient (Wildman–Crippen LogP) is 4.39. The van der Waals surface area contributed by atoms with E-state index in [1.54, 1.807) is 19.1 Å². The van der Waals surface area contributed by atoms with Gasteiger partial charge in [0.25, 0.3) is 0 Å². The van der Waals surface area contributed by atoms with Crippen LogP contribution in [0.5, 0.6) is 5.75 Å². The summed E-state index contributed by atoms with van der Waals surface area (Å²) in [6, 6.07) is 7.36. The summed E-state index contributed by atoms with van der Waals surface area (Å²) in [4.78, 5) is 11.7. The largest absolute Gasteiger partial charge is 0.413 e. The molecule has 1 N–H and O–H groups in total. The SMILES string of the molecule is CC(C)c1ccc(OC(=O)NC(S)C(Cl)C(C)Cl)cc1. The molecule has 0 spiro atoms. The van der Waals surface area contributed by atoms with E-state index in [9.17, 15) is 4.79 Å². The van der Waals surface area contributed by atoms with Crippen LogP contribution in [0, 0.1) is 0 Å². The second kappa shape index (κ2) is 8.01. The van der Waals surface area contributed by atoms with E-state index in [0.717, 1.165) is 0 Å². The lowest BCUT2D eigenvalue weighted by Crippen LogP contribution is -2.41. The summed E-state index contributed by atoms with van der Waals surface area (Å²) in [7, 11) is 0. The first-order chi connectivity index (χ1) is 9.31. The van der Waals surface area contributed by atoms with Crippen molar-refractivity contribution in [2.75, 3.05) is 0 Å². The van der Waals surface area contributed by atoms with Crippen LogP contribution in [0.2, 0.25) is 0 Å². The molecule has 3 nitrogen and oxygen atoms in total. The van der Waals surface area contributed by atoms with Gasteiger partial charge in [0.1, 0.15) is 5.75 Å². The van der Waals surface area contributed by atoms with Gasteiger partial charge in [0.05, 0.1) is 10.8 Å². The Bertz CT molecular complexity index is 437. The summed E-state index contributed by atoms with van der Waals surface area (Å²) < 4.78 is 5.15. The normalized spacial score (nSPS) is 15.6. The summed E-state index contributed by atoms with van der Waals surface area (Å²) in [5, 5.41) is 1.15. The molecule has 20 heavy (non-hydrogen) atoms. The van der Waals surface area contributed by atoms with Gasteiger partial charge >= 0.3 is 6.09 Å². The zero-order valence-electron chi connectivity index (χ0n) is 11.6. The lowest BCUT2D eigenvalue weighted by atomic mass is 10.0. The average molecular weight is 336 g/mol. The van der Waals surface area contributed by atoms with Crippen LogP contribution >= 0.6 is 35.8 Å². The molecule has 0 aliphatic rings. The number of hydrogen-bond acceptors (Lipinski definition) is 3. The molecule has 0 aliphatic heterocycles. The maximum atomic E-state index is 11.7. The van der Waals surface area contributed by atoms with Crippen molar-refractivity contribution in [1.29, 1.82) is 0 Å². The van der Waals surface area contributed by atoms with Crippen molar-refractivity contribution in [3.05, 3.63) is 29.8 Å². The first kappa shape index (κ1) is 17.5. The number of hydrogen-bond donors (Lipinski definition) is 2. The summed E-state index contributed by atoms with van der Waals surface area (Å²) in [6.07, 6.45) is -0.606. The molecule has 3 unspecified atom stereocenters. The van der Waals surface area contributed by atoms with Crippen molar-refractivity contribution < 1.29 is 9.53 Å². The van der Waals surface area contributed by atoms with Crippen molar-refractivity contribution in [1.82, 2.24) is 5.32 Å². The predicted molar refractivity (Wildman–Crippen MR) is 87.4 cm³/mol. The smallest absolute Gasteiger partial charge is 0.410 e. The van der Waals surface area contributed by atoms with E-state index in [-0.39, 0.29) is 5.38 Å². The van der Waals surface area contributed by atoms with Gasteiger partial charge < -0.3 is 10.1 Å². The number of ether oxygens (including phenoxy) is 1. The Morgan fingerprint density at radius 2 is 1.75 bits per heavy atom. The molecule has 1 aromatic carbocycles. The highest BCUT2D eigenvalue weighted by Gasteiger charge is 2.22. The van der Waals surface area contributed by atoms with Gasteiger partial charge in [0.15, 0.2) is 0 Å². The molecule has 0 heterocycles. The summed E-state index contributed by atoms with van der Waals surface area (Å²) >= 11 is 16.0. The second-order valence-electron chi connectivity index (χ2n) is 4.82. The number of benzene rings is 1. The van der Waals surface area contributed by atoms with Gasteiger partial charge in [-0.15, -0.1) is 23.2 Å². The standard InChI is InChI=1S/C14H19Cl2NO2S/c1-8(2)10-4-6-11(7-5-10)19-14(18)17-13(20)12(16)9(3)15/h4-9,12-13,20H,1-3H3,(H,17,18). The Kier molecular flexibility index (Phi) is 7.00. The minimum absolute atomic E-state index is 0.315. The van der Waals surface area contributed by atoms with Crippen LogP contribution in [0.3, 0.4) is 0 Å². The van der Waals surface area contributed by atoms with Gasteiger partial charge in [-0.2, -0.15) is 12.6 Å². The highest BCUT2D eigenvalue weighted by atomic mass is 35.5. The van der Waals surface area contributed by atoms with E-state index in [2.05, 4.69) is 31.8 Å². The Hall–Kier alpha value is -0.580. The third-order valence-corrected chi connectivity index (χ3v) is 4.42. The Balaban J connectivity index is 2.54. The van der Waals surface area contributed by atoms with Gasteiger partial charge in [-0.3, -0.25) is 0 Å². The van der Waals surface area contributed by atoms with Crippen molar-refractivity contribution in [2.45, 2.75) is 42.8 Å². The van der Waals surface area contributed by atoms with Crippen LogP contribution in [0.1, 0.15) is 32.3 Å². The highest BCUT2D eigenvalue weighted by molar-refractivity contribution is 7.81. The van der Waals surface area contributed by atoms with Gasteiger partial charge in [-0.05, 0) is 30.5 Å². The van der Waals surface area contributed by atoms with Crippen molar-refractivity contribution in [3.8, 4) is 5.75 Å². The summed E-state index contributed by atoms with van der Waals surface area (Å²) in [5.41, 5.74) is 1.18. The fourth-order valence-corrected chi connectivity index (χ4v) is 2.18. The molecule has 1 rings (SSSR count). The van der Waals surface area contributed by atoms with Crippen LogP contribution in [-0.2, 0) is 0 Å². The molecular weight excluding hydrogens is 317 g/mol. The molecule has 1 aromatic rings. The topological polar surface area (TPSA) is 38.3 Å². The van der Waals surface area contributed by atoms with E-state index in [1.165, 1.54) is 5.56 Å². The summed E-state index contributed by atoms with van der Waals surface area (Å²) in [5.74, 6) is 0.902. The zero-order chi connectivity index (χ0) is 15.3. The molecule has 0 aromatic heterocycles. The fourth-order valence-electron chi connectivity index (χ4n) is 1.51. The monoisotopic (exact) mass is 335 g/mol. The molecular formula is C14H19Cl2NO2S. The van der Waals surface area contributed by atoms with Gasteiger partial charge in [0, 0.05) is 5.38 Å². The van der Waals surface area contributed by atoms with Crippen LogP contribution in [0.15, 0.2) is 24.3 Å². The maximum absolute atomic E-state index is 11.7. The lowest BCUT2D eigenvalue weighted by molar-refractivity contribution is 0.199. The third kappa shape index (κ3) is 5.43. The van der Waals surface area contributed by atoms with Crippen LogP contribution in [0.4, 0.5) is 4.79 Å². The average Bonchev–Trinajstić information content (AvgIpc) is 2.37. The van der Waals surface area contributed by atoms with Gasteiger partial charge in [-0.25, -0.2) is 4.79 Å². The number of carbonyl (C=O) groups is 1. The molecule has 112 valence electrons. The Morgan fingerprint density at radius 1 is 1.20 bits per heavy atom. The van der Waals surface area contributed by atoms with Crippen molar-refractivity contribution in [2.24, 2.45) is 0 Å². The van der Waals surface area contributed by atoms with Crippen LogP contribution in [0.25, 0.3) is 0 Å². The van der Waals surface area contributed by atoms with Crippen molar-refractivity contribution >= 4 is 41.9 Å². The number of carbonyl (C=O) groups excluding carboxylic acids is 1. The number of nitrogens with one attached hydrogen (secondary N) is 1. The molecule has 0 saturated carbocycles. The van der Waals surface area contributed by atoms with Crippen molar-refractivity contribution in [3.63, 3.8) is 0 Å². The Morgan fingerprint density at radius 3 is 2.20 bits per heavy atom. The first-order valence-electron chi connectivity index (χ1n) is 6.35. The quantitative estimate of drug-likeness (QED) is 0.475. The molecule has 0 saturated heterocycles. The minimum Gasteiger partial charge on any atom is -0.410 e. The van der Waals surface area contributed by atoms with E-state index in [4.69, 9.17) is 27.9 Å². The summed E-state index contributed by atoms with van der Waals surface area (Å²) in [6.45, 7) is 5.93. The first-order valence-corrected chi connectivity index (χ1v) is 7.74. The number of rotatable bonds is 5. The minimum atomic E-state index is -0.606. The van der Waals surface area contributed by atoms with Gasteiger partial charge in [-0.1, -0.05) is 26.0 Å². The molecule has 0 bridgehead atoms. The highest BCUT2D eigenvalue weighted by Crippen LogP contribution is 2.19. The molecule has 0 fully saturated rings. The zero-order valence-corrected chi connectivity index (χ0v) is 14.0. The molecule has 6 heteroatoms. The lowest BCUT2D eigenvalue weighted by Gasteiger charge is -2.20. The number of alkyl halides is 2. The third-order valence-electron chi connectivity index (χ3n) is 2.76. The number of thiol groups is 1. The second-order valence-corrected chi connectivity index (χ2v) is 6.57. The Labute approximate surface area is 135 Å². The number of halogens is 2. The van der Waals surface area contributed by atoms with Crippen LogP contribution < -0.4 is 10.1 Å². The molecule has 1 amide bonds. The van der Waals surface area contributed by atoms with E-state index in [0.29, 0.717) is 11.7 Å². The molecule has 0 aliphatic carbocycles. The molecule has 0 radical (unpaired) electrons.